The number of amides is 1. The van der Waals surface area contributed by atoms with Crippen LogP contribution in [0.25, 0.3) is 0 Å². The third kappa shape index (κ3) is 3.01. The van der Waals surface area contributed by atoms with E-state index in [1.54, 1.807) is 12.3 Å². The summed E-state index contributed by atoms with van der Waals surface area (Å²) in [4.78, 5) is 17.0. The maximum Gasteiger partial charge on any atom is 0.270 e. The number of aromatic nitrogens is 1. The lowest BCUT2D eigenvalue weighted by Gasteiger charge is -2.32. The number of hydrogen-bond donors (Lipinski definition) is 2. The molecule has 17 heavy (non-hydrogen) atoms. The van der Waals surface area contributed by atoms with E-state index < -0.39 is 0 Å². The van der Waals surface area contributed by atoms with Gasteiger partial charge in [-0.05, 0) is 38.4 Å². The molecule has 1 aliphatic rings. The molecule has 0 aliphatic carbocycles. The van der Waals surface area contributed by atoms with Crippen LogP contribution in [0.15, 0.2) is 12.3 Å². The minimum atomic E-state index is 0.0534. The summed E-state index contributed by atoms with van der Waals surface area (Å²) in [5, 5.41) is 3.75. The number of carbonyl (C=O) groups is 1. The van der Waals surface area contributed by atoms with Crippen LogP contribution in [0.1, 0.15) is 23.3 Å². The highest BCUT2D eigenvalue weighted by molar-refractivity contribution is 6.30. The number of H-pyrrole nitrogens is 1. The van der Waals surface area contributed by atoms with Gasteiger partial charge >= 0.3 is 0 Å². The largest absolute Gasteiger partial charge is 0.356 e. The van der Waals surface area contributed by atoms with E-state index in [2.05, 4.69) is 10.3 Å². The molecule has 0 radical (unpaired) electrons. The molecule has 0 unspecified atom stereocenters. The first kappa shape index (κ1) is 12.5. The predicted octanol–water partition coefficient (Wildman–Crippen LogP) is 1.74. The highest BCUT2D eigenvalue weighted by Crippen LogP contribution is 2.19. The van der Waals surface area contributed by atoms with E-state index in [1.165, 1.54) is 6.42 Å². The van der Waals surface area contributed by atoms with Gasteiger partial charge in [0.2, 0.25) is 0 Å². The van der Waals surface area contributed by atoms with Crippen LogP contribution in [0.3, 0.4) is 0 Å². The van der Waals surface area contributed by atoms with Crippen LogP contribution in [0.5, 0.6) is 0 Å². The van der Waals surface area contributed by atoms with Crippen molar-refractivity contribution in [3.8, 4) is 0 Å². The van der Waals surface area contributed by atoms with E-state index in [0.29, 0.717) is 16.6 Å². The molecule has 94 valence electrons. The third-order valence-corrected chi connectivity index (χ3v) is 3.40. The molecule has 2 rings (SSSR count). The van der Waals surface area contributed by atoms with Crippen molar-refractivity contribution >= 4 is 17.5 Å². The zero-order chi connectivity index (χ0) is 12.3. The Morgan fingerprint density at radius 2 is 2.53 bits per heavy atom. The van der Waals surface area contributed by atoms with Gasteiger partial charge in [0, 0.05) is 19.3 Å². The second-order valence-electron chi connectivity index (χ2n) is 4.55. The Morgan fingerprint density at radius 3 is 3.18 bits per heavy atom. The summed E-state index contributed by atoms with van der Waals surface area (Å²) in [7, 11) is 1.95. The fourth-order valence-corrected chi connectivity index (χ4v) is 2.53. The maximum atomic E-state index is 12.2. The number of aromatic amines is 1. The van der Waals surface area contributed by atoms with Crippen molar-refractivity contribution in [2.75, 3.05) is 26.7 Å². The van der Waals surface area contributed by atoms with Crippen molar-refractivity contribution in [3.63, 3.8) is 0 Å². The number of nitrogens with zero attached hydrogens (tertiary/aromatic N) is 1. The summed E-state index contributed by atoms with van der Waals surface area (Å²) >= 11 is 5.81. The van der Waals surface area contributed by atoms with E-state index in [4.69, 9.17) is 11.6 Å². The average molecular weight is 256 g/mol. The molecule has 0 aromatic carbocycles. The Hall–Kier alpha value is -1.00. The van der Waals surface area contributed by atoms with Crippen molar-refractivity contribution in [2.24, 2.45) is 5.92 Å². The fourth-order valence-electron chi connectivity index (χ4n) is 2.37. The Bertz CT molecular complexity index is 389. The van der Waals surface area contributed by atoms with Crippen LogP contribution in [-0.2, 0) is 0 Å². The summed E-state index contributed by atoms with van der Waals surface area (Å²) in [6.45, 7) is 2.64. The van der Waals surface area contributed by atoms with Gasteiger partial charge < -0.3 is 15.2 Å². The second-order valence-corrected chi connectivity index (χ2v) is 4.99. The minimum Gasteiger partial charge on any atom is -0.356 e. The molecule has 0 spiro atoms. The number of halogens is 1. The molecule has 1 amide bonds. The van der Waals surface area contributed by atoms with Gasteiger partial charge in [0.1, 0.15) is 5.69 Å². The highest BCUT2D eigenvalue weighted by atomic mass is 35.5. The molecule has 0 saturated carbocycles. The van der Waals surface area contributed by atoms with Crippen LogP contribution in [0.2, 0.25) is 5.02 Å². The van der Waals surface area contributed by atoms with Gasteiger partial charge in [-0.2, -0.15) is 0 Å². The van der Waals surface area contributed by atoms with Gasteiger partial charge in [-0.15, -0.1) is 0 Å². The molecular weight excluding hydrogens is 238 g/mol. The van der Waals surface area contributed by atoms with Crippen molar-refractivity contribution in [1.29, 1.82) is 0 Å². The molecule has 4 nitrogen and oxygen atoms in total. The summed E-state index contributed by atoms with van der Waals surface area (Å²) in [6.07, 6.45) is 3.91. The fraction of sp³-hybridized carbons (Fsp3) is 0.583. The molecular formula is C12H18ClN3O. The van der Waals surface area contributed by atoms with E-state index in [1.807, 2.05) is 11.9 Å². The number of hydrogen-bond acceptors (Lipinski definition) is 2. The number of piperidine rings is 1. The summed E-state index contributed by atoms with van der Waals surface area (Å²) in [5.74, 6) is 0.612. The van der Waals surface area contributed by atoms with Gasteiger partial charge in [-0.25, -0.2) is 0 Å². The van der Waals surface area contributed by atoms with Crippen molar-refractivity contribution in [2.45, 2.75) is 12.8 Å². The zero-order valence-corrected chi connectivity index (χ0v) is 10.8. The van der Waals surface area contributed by atoms with Crippen LogP contribution in [-0.4, -0.2) is 42.5 Å². The van der Waals surface area contributed by atoms with Gasteiger partial charge in [0.25, 0.3) is 5.91 Å². The predicted molar refractivity (Wildman–Crippen MR) is 68.4 cm³/mol. The van der Waals surface area contributed by atoms with Gasteiger partial charge in [0.15, 0.2) is 0 Å². The molecule has 5 heteroatoms. The minimum absolute atomic E-state index is 0.0534. The topological polar surface area (TPSA) is 48.1 Å². The molecule has 1 aromatic rings. The number of likely N-dealkylation sites (tertiary alicyclic amines) is 1. The molecule has 1 aromatic heterocycles. The third-order valence-electron chi connectivity index (χ3n) is 3.18. The van der Waals surface area contributed by atoms with E-state index in [0.717, 1.165) is 26.1 Å². The maximum absolute atomic E-state index is 12.2. The van der Waals surface area contributed by atoms with E-state index in [9.17, 15) is 4.79 Å². The lowest BCUT2D eigenvalue weighted by atomic mass is 9.98. The smallest absolute Gasteiger partial charge is 0.270 e. The lowest BCUT2D eigenvalue weighted by Crippen LogP contribution is -2.42. The molecule has 2 N–H and O–H groups in total. The summed E-state index contributed by atoms with van der Waals surface area (Å²) in [5.41, 5.74) is 0.583. The standard InChI is InChI=1S/C12H18ClN3O/c1-14-6-9-3-2-4-16(8-9)12(17)11-5-10(13)7-15-11/h5,7,9,14-15H,2-4,6,8H2,1H3/t9-/m0/s1. The van der Waals surface area contributed by atoms with E-state index >= 15 is 0 Å². The molecule has 1 fully saturated rings. The van der Waals surface area contributed by atoms with Crippen LogP contribution in [0, 0.1) is 5.92 Å². The Labute approximate surface area is 106 Å². The first-order chi connectivity index (χ1) is 8.20. The Kier molecular flexibility index (Phi) is 4.07. The summed E-state index contributed by atoms with van der Waals surface area (Å²) in [6, 6.07) is 1.69. The SMILES string of the molecule is CNC[C@@H]1CCCN(C(=O)c2cc(Cl)c[nH]2)C1. The number of nitrogens with one attached hydrogen (secondary N) is 2. The second kappa shape index (κ2) is 5.56. The average Bonchev–Trinajstić information content (AvgIpc) is 2.76. The Morgan fingerprint density at radius 1 is 1.71 bits per heavy atom. The lowest BCUT2D eigenvalue weighted by molar-refractivity contribution is 0.0669. The number of carbonyl (C=O) groups excluding carboxylic acids is 1. The molecule has 2 heterocycles. The van der Waals surface area contributed by atoms with Crippen molar-refractivity contribution in [1.82, 2.24) is 15.2 Å². The summed E-state index contributed by atoms with van der Waals surface area (Å²) < 4.78 is 0. The Balaban J connectivity index is 1.99. The highest BCUT2D eigenvalue weighted by Gasteiger charge is 2.24. The monoisotopic (exact) mass is 255 g/mol. The molecule has 1 aliphatic heterocycles. The van der Waals surface area contributed by atoms with Crippen molar-refractivity contribution in [3.05, 3.63) is 23.0 Å². The normalized spacial score (nSPS) is 20.6. The number of rotatable bonds is 3. The quantitative estimate of drug-likeness (QED) is 0.864. The van der Waals surface area contributed by atoms with Gasteiger partial charge in [0.05, 0.1) is 5.02 Å². The van der Waals surface area contributed by atoms with Crippen molar-refractivity contribution < 1.29 is 4.79 Å². The van der Waals surface area contributed by atoms with Gasteiger partial charge in [-0.1, -0.05) is 11.6 Å². The molecule has 1 saturated heterocycles. The van der Waals surface area contributed by atoms with Crippen LogP contribution in [0.4, 0.5) is 0 Å². The van der Waals surface area contributed by atoms with Crippen LogP contribution >= 0.6 is 11.6 Å². The molecule has 0 bridgehead atoms. The first-order valence-corrected chi connectivity index (χ1v) is 6.36. The van der Waals surface area contributed by atoms with Gasteiger partial charge in [-0.3, -0.25) is 4.79 Å². The van der Waals surface area contributed by atoms with Crippen LogP contribution < -0.4 is 5.32 Å². The first-order valence-electron chi connectivity index (χ1n) is 5.98. The zero-order valence-electron chi connectivity index (χ0n) is 10.0. The van der Waals surface area contributed by atoms with E-state index in [-0.39, 0.29) is 5.91 Å². The molecule has 1 atom stereocenters.